The zero-order valence-electron chi connectivity index (χ0n) is 13.3. The Morgan fingerprint density at radius 3 is 2.78 bits per heavy atom. The second-order valence-corrected chi connectivity index (χ2v) is 7.39. The fourth-order valence-electron chi connectivity index (χ4n) is 4.02. The van der Waals surface area contributed by atoms with E-state index in [-0.39, 0.29) is 22.7 Å². The minimum Gasteiger partial charge on any atom is -0.381 e. The lowest BCUT2D eigenvalue weighted by Crippen LogP contribution is -2.43. The molecule has 1 aromatic carbocycles. The average Bonchev–Trinajstić information content (AvgIpc) is 3.02. The van der Waals surface area contributed by atoms with Gasteiger partial charge in [0.05, 0.1) is 6.61 Å². The molecule has 1 aliphatic carbocycles. The molecule has 1 aromatic rings. The maximum absolute atomic E-state index is 14.0. The fourth-order valence-corrected chi connectivity index (χ4v) is 4.02. The van der Waals surface area contributed by atoms with Crippen molar-refractivity contribution in [1.82, 2.24) is 10.2 Å². The number of hydrogen-bond donors (Lipinski definition) is 1. The summed E-state index contributed by atoms with van der Waals surface area (Å²) in [5.41, 5.74) is 0.720. The monoisotopic (exact) mass is 318 g/mol. The van der Waals surface area contributed by atoms with Gasteiger partial charge in [-0.1, -0.05) is 18.2 Å². The number of hydrogen-bond acceptors (Lipinski definition) is 2. The van der Waals surface area contributed by atoms with Crippen molar-refractivity contribution >= 4 is 6.03 Å². The Morgan fingerprint density at radius 1 is 1.26 bits per heavy atom. The molecule has 1 spiro atoms. The summed E-state index contributed by atoms with van der Waals surface area (Å²) in [6.45, 7) is 3.68. The van der Waals surface area contributed by atoms with Gasteiger partial charge in [0, 0.05) is 37.1 Å². The van der Waals surface area contributed by atoms with E-state index in [4.69, 9.17) is 4.74 Å². The number of urea groups is 1. The Morgan fingerprint density at radius 2 is 2.09 bits per heavy atom. The van der Waals surface area contributed by atoms with Crippen LogP contribution in [0.15, 0.2) is 24.3 Å². The number of halogens is 1. The summed E-state index contributed by atoms with van der Waals surface area (Å²) in [6.07, 6.45) is 3.95. The Bertz CT molecular complexity index is 609. The molecule has 0 radical (unpaired) electrons. The molecule has 3 aliphatic rings. The molecule has 1 N–H and O–H groups in total. The van der Waals surface area contributed by atoms with E-state index in [0.29, 0.717) is 6.54 Å². The summed E-state index contributed by atoms with van der Waals surface area (Å²) < 4.78 is 19.5. The Hall–Kier alpha value is -1.62. The topological polar surface area (TPSA) is 41.6 Å². The molecule has 1 unspecified atom stereocenters. The summed E-state index contributed by atoms with van der Waals surface area (Å²) in [5.74, 6) is -0.164. The zero-order valence-corrected chi connectivity index (χ0v) is 13.3. The highest BCUT2D eigenvalue weighted by atomic mass is 19.1. The van der Waals surface area contributed by atoms with Gasteiger partial charge in [-0.15, -0.1) is 0 Å². The van der Waals surface area contributed by atoms with Gasteiger partial charge in [0.15, 0.2) is 0 Å². The minimum absolute atomic E-state index is 0.0172. The van der Waals surface area contributed by atoms with Crippen molar-refractivity contribution in [3.8, 4) is 0 Å². The van der Waals surface area contributed by atoms with Crippen molar-refractivity contribution in [2.24, 2.45) is 5.41 Å². The lowest BCUT2D eigenvalue weighted by atomic mass is 9.87. The first-order chi connectivity index (χ1) is 11.1. The molecule has 2 amide bonds. The fraction of sp³-hybridized carbons (Fsp3) is 0.611. The number of amides is 2. The highest BCUT2D eigenvalue weighted by molar-refractivity contribution is 5.75. The number of nitrogens with one attached hydrogen (secondary N) is 1. The largest absolute Gasteiger partial charge is 0.381 e. The smallest absolute Gasteiger partial charge is 0.317 e. The molecule has 4 rings (SSSR count). The number of benzene rings is 1. The van der Waals surface area contributed by atoms with Crippen LogP contribution in [0.5, 0.6) is 0 Å². The van der Waals surface area contributed by atoms with Crippen LogP contribution in [0.2, 0.25) is 0 Å². The van der Waals surface area contributed by atoms with E-state index in [9.17, 15) is 9.18 Å². The molecule has 2 heterocycles. The van der Waals surface area contributed by atoms with E-state index in [1.165, 1.54) is 6.07 Å². The Labute approximate surface area is 136 Å². The van der Waals surface area contributed by atoms with Gasteiger partial charge in [0.1, 0.15) is 5.82 Å². The molecular formula is C18H23FN2O2. The number of carbonyl (C=O) groups is 1. The van der Waals surface area contributed by atoms with Crippen molar-refractivity contribution < 1.29 is 13.9 Å². The SMILES string of the molecule is O=C(NCC1(c2ccccc2F)CC1)N1CCC2(CCOC2)C1. The summed E-state index contributed by atoms with van der Waals surface area (Å²) in [6, 6.07) is 6.90. The number of likely N-dealkylation sites (tertiary alicyclic amines) is 1. The van der Waals surface area contributed by atoms with Crippen molar-refractivity contribution in [2.75, 3.05) is 32.8 Å². The van der Waals surface area contributed by atoms with E-state index in [0.717, 1.165) is 57.6 Å². The van der Waals surface area contributed by atoms with Crippen molar-refractivity contribution in [3.05, 3.63) is 35.6 Å². The van der Waals surface area contributed by atoms with Crippen LogP contribution in [0.4, 0.5) is 9.18 Å². The molecule has 5 heteroatoms. The maximum atomic E-state index is 14.0. The first-order valence-electron chi connectivity index (χ1n) is 8.48. The molecule has 2 saturated heterocycles. The van der Waals surface area contributed by atoms with Crippen molar-refractivity contribution in [3.63, 3.8) is 0 Å². The highest BCUT2D eigenvalue weighted by Crippen LogP contribution is 2.48. The lowest BCUT2D eigenvalue weighted by molar-refractivity contribution is 0.152. The first kappa shape index (κ1) is 14.9. The Kier molecular flexibility index (Phi) is 3.56. The van der Waals surface area contributed by atoms with E-state index in [2.05, 4.69) is 5.32 Å². The van der Waals surface area contributed by atoms with Crippen LogP contribution < -0.4 is 5.32 Å². The van der Waals surface area contributed by atoms with E-state index in [1.807, 2.05) is 17.0 Å². The second-order valence-electron chi connectivity index (χ2n) is 7.39. The molecule has 124 valence electrons. The molecule has 4 nitrogen and oxygen atoms in total. The molecule has 2 aliphatic heterocycles. The third kappa shape index (κ3) is 2.71. The van der Waals surface area contributed by atoms with Gasteiger partial charge in [-0.2, -0.15) is 0 Å². The molecule has 1 atom stereocenters. The van der Waals surface area contributed by atoms with Crippen LogP contribution in [-0.2, 0) is 10.2 Å². The van der Waals surface area contributed by atoms with Crippen LogP contribution in [-0.4, -0.2) is 43.8 Å². The van der Waals surface area contributed by atoms with Gasteiger partial charge in [-0.25, -0.2) is 9.18 Å². The minimum atomic E-state index is -0.200. The van der Waals surface area contributed by atoms with E-state index >= 15 is 0 Å². The van der Waals surface area contributed by atoms with Crippen LogP contribution in [0.3, 0.4) is 0 Å². The average molecular weight is 318 g/mol. The van der Waals surface area contributed by atoms with Crippen LogP contribution >= 0.6 is 0 Å². The van der Waals surface area contributed by atoms with Gasteiger partial charge >= 0.3 is 6.03 Å². The Balaban J connectivity index is 1.36. The summed E-state index contributed by atoms with van der Waals surface area (Å²) >= 11 is 0. The number of carbonyl (C=O) groups excluding carboxylic acids is 1. The number of rotatable bonds is 3. The van der Waals surface area contributed by atoms with Crippen LogP contribution in [0, 0.1) is 11.2 Å². The normalized spacial score (nSPS) is 28.3. The highest BCUT2D eigenvalue weighted by Gasteiger charge is 2.47. The standard InChI is InChI=1S/C18H23FN2O2/c19-15-4-2-1-3-14(15)18(5-6-18)11-20-16(22)21-9-7-17(12-21)8-10-23-13-17/h1-4H,5-13H2,(H,20,22). The molecule has 0 aromatic heterocycles. The van der Waals surface area contributed by atoms with Crippen LogP contribution in [0.1, 0.15) is 31.2 Å². The first-order valence-corrected chi connectivity index (χ1v) is 8.48. The third-order valence-electron chi connectivity index (χ3n) is 5.79. The lowest BCUT2D eigenvalue weighted by Gasteiger charge is -2.24. The van der Waals surface area contributed by atoms with E-state index < -0.39 is 0 Å². The van der Waals surface area contributed by atoms with Crippen molar-refractivity contribution in [2.45, 2.75) is 31.1 Å². The summed E-state index contributed by atoms with van der Waals surface area (Å²) in [5, 5.41) is 3.04. The second kappa shape index (κ2) is 5.48. The number of nitrogens with zero attached hydrogens (tertiary/aromatic N) is 1. The van der Waals surface area contributed by atoms with Crippen molar-refractivity contribution in [1.29, 1.82) is 0 Å². The summed E-state index contributed by atoms with van der Waals surface area (Å²) in [4.78, 5) is 14.4. The van der Waals surface area contributed by atoms with Crippen LogP contribution in [0.25, 0.3) is 0 Å². The van der Waals surface area contributed by atoms with Gasteiger partial charge in [-0.3, -0.25) is 0 Å². The van der Waals surface area contributed by atoms with Gasteiger partial charge < -0.3 is 15.0 Å². The molecular weight excluding hydrogens is 295 g/mol. The van der Waals surface area contributed by atoms with Gasteiger partial charge in [-0.05, 0) is 37.3 Å². The molecule has 3 fully saturated rings. The third-order valence-corrected chi connectivity index (χ3v) is 5.79. The predicted molar refractivity (Wildman–Crippen MR) is 84.8 cm³/mol. The molecule has 1 saturated carbocycles. The zero-order chi connectivity index (χ0) is 15.9. The van der Waals surface area contributed by atoms with E-state index in [1.54, 1.807) is 6.07 Å². The van der Waals surface area contributed by atoms with Gasteiger partial charge in [0.25, 0.3) is 0 Å². The maximum Gasteiger partial charge on any atom is 0.317 e. The molecule has 0 bridgehead atoms. The predicted octanol–water partition coefficient (Wildman–Crippen LogP) is 2.68. The van der Waals surface area contributed by atoms with Gasteiger partial charge in [0.2, 0.25) is 0 Å². The number of ether oxygens (including phenoxy) is 1. The quantitative estimate of drug-likeness (QED) is 0.931. The summed E-state index contributed by atoms with van der Waals surface area (Å²) in [7, 11) is 0. The molecule has 23 heavy (non-hydrogen) atoms.